The number of hydrogen-bond donors (Lipinski definition) is 2. The van der Waals surface area contributed by atoms with Crippen LogP contribution >= 0.6 is 0 Å². The molecule has 2 rings (SSSR count). The number of carboxylic acid groups (broad SMARTS) is 1. The summed E-state index contributed by atoms with van der Waals surface area (Å²) in [7, 11) is 0. The molecule has 0 fully saturated rings. The third-order valence-electron chi connectivity index (χ3n) is 3.67. The van der Waals surface area contributed by atoms with Crippen LogP contribution in [-0.2, 0) is 11.3 Å². The zero-order valence-electron chi connectivity index (χ0n) is 14.3. The fourth-order valence-corrected chi connectivity index (χ4v) is 2.55. The topological polar surface area (TPSA) is 111 Å². The Kier molecular flexibility index (Phi) is 6.21. The van der Waals surface area contributed by atoms with Gasteiger partial charge in [-0.05, 0) is 32.8 Å². The molecule has 1 aromatic carbocycles. The van der Waals surface area contributed by atoms with Crippen molar-refractivity contribution in [2.24, 2.45) is 0 Å². The van der Waals surface area contributed by atoms with E-state index in [0.717, 1.165) is 4.57 Å². The predicted molar refractivity (Wildman–Crippen MR) is 92.7 cm³/mol. The van der Waals surface area contributed by atoms with E-state index in [1.807, 2.05) is 13.8 Å². The van der Waals surface area contributed by atoms with E-state index >= 15 is 0 Å². The van der Waals surface area contributed by atoms with E-state index in [0.29, 0.717) is 48.5 Å². The molecular formula is C17H22N2O6. The number of carbonyl (C=O) groups is 1. The molecule has 1 aromatic heterocycles. The van der Waals surface area contributed by atoms with Gasteiger partial charge in [0.1, 0.15) is 0 Å². The average Bonchev–Trinajstić information content (AvgIpc) is 2.55. The standard InChI is InChI=1S/C17H22N2O6/c1-3-24-13-9-11-12(10-14(13)25-4-2)18-17(23)19(16(11)22)8-6-5-7-15(20)21/h9-10H,3-8H2,1-2H3,(H,18,23)(H,20,21). The van der Waals surface area contributed by atoms with E-state index < -0.39 is 17.2 Å². The summed E-state index contributed by atoms with van der Waals surface area (Å²) in [6, 6.07) is 3.15. The lowest BCUT2D eigenvalue weighted by Gasteiger charge is -2.13. The second-order valence-corrected chi connectivity index (χ2v) is 5.45. The Morgan fingerprint density at radius 3 is 2.36 bits per heavy atom. The number of benzene rings is 1. The molecule has 0 radical (unpaired) electrons. The molecule has 136 valence electrons. The second kappa shape index (κ2) is 8.36. The number of aromatic nitrogens is 2. The van der Waals surface area contributed by atoms with Gasteiger partial charge in [0.05, 0.1) is 24.1 Å². The van der Waals surface area contributed by atoms with Crippen LogP contribution in [0.3, 0.4) is 0 Å². The summed E-state index contributed by atoms with van der Waals surface area (Å²) < 4.78 is 12.1. The minimum Gasteiger partial charge on any atom is -0.490 e. The largest absolute Gasteiger partial charge is 0.490 e. The first-order valence-corrected chi connectivity index (χ1v) is 8.26. The van der Waals surface area contributed by atoms with Gasteiger partial charge in [-0.3, -0.25) is 14.2 Å². The number of hydrogen-bond acceptors (Lipinski definition) is 5. The first-order chi connectivity index (χ1) is 12.0. The third kappa shape index (κ3) is 4.40. The first-order valence-electron chi connectivity index (χ1n) is 8.26. The van der Waals surface area contributed by atoms with Gasteiger partial charge in [-0.15, -0.1) is 0 Å². The SMILES string of the molecule is CCOc1cc2[nH]c(=O)n(CCCCC(=O)O)c(=O)c2cc1OCC. The van der Waals surface area contributed by atoms with Gasteiger partial charge in [0.2, 0.25) is 0 Å². The van der Waals surface area contributed by atoms with Crippen LogP contribution < -0.4 is 20.7 Å². The van der Waals surface area contributed by atoms with Crippen molar-refractivity contribution in [3.05, 3.63) is 33.0 Å². The molecule has 0 bridgehead atoms. The molecule has 0 unspecified atom stereocenters. The van der Waals surface area contributed by atoms with Gasteiger partial charge in [0.15, 0.2) is 11.5 Å². The Morgan fingerprint density at radius 2 is 1.76 bits per heavy atom. The molecule has 0 saturated carbocycles. The van der Waals surface area contributed by atoms with Gasteiger partial charge in [-0.1, -0.05) is 0 Å². The fraction of sp³-hybridized carbons (Fsp3) is 0.471. The van der Waals surface area contributed by atoms with Gasteiger partial charge in [0, 0.05) is 19.0 Å². The number of rotatable bonds is 9. The molecule has 1 heterocycles. The molecule has 0 aliphatic rings. The van der Waals surface area contributed by atoms with Crippen LogP contribution in [0.4, 0.5) is 0 Å². The number of aliphatic carboxylic acids is 1. The van der Waals surface area contributed by atoms with Crippen LogP contribution in [0.1, 0.15) is 33.1 Å². The Bertz CT molecular complexity index is 868. The summed E-state index contributed by atoms with van der Waals surface area (Å²) in [5, 5.41) is 8.97. The molecule has 0 aliphatic carbocycles. The molecule has 2 N–H and O–H groups in total. The third-order valence-corrected chi connectivity index (χ3v) is 3.67. The van der Waals surface area contributed by atoms with E-state index in [-0.39, 0.29) is 13.0 Å². The van der Waals surface area contributed by atoms with Crippen molar-refractivity contribution in [3.63, 3.8) is 0 Å². The highest BCUT2D eigenvalue weighted by Gasteiger charge is 2.13. The van der Waals surface area contributed by atoms with Crippen LogP contribution in [0, 0.1) is 0 Å². The zero-order valence-corrected chi connectivity index (χ0v) is 14.3. The fourth-order valence-electron chi connectivity index (χ4n) is 2.55. The van der Waals surface area contributed by atoms with Crippen LogP contribution in [0.2, 0.25) is 0 Å². The second-order valence-electron chi connectivity index (χ2n) is 5.45. The van der Waals surface area contributed by atoms with Crippen LogP contribution in [0.25, 0.3) is 10.9 Å². The highest BCUT2D eigenvalue weighted by atomic mass is 16.5. The summed E-state index contributed by atoms with van der Waals surface area (Å²) >= 11 is 0. The lowest BCUT2D eigenvalue weighted by molar-refractivity contribution is -0.137. The Balaban J connectivity index is 2.42. The average molecular weight is 350 g/mol. The lowest BCUT2D eigenvalue weighted by Crippen LogP contribution is -2.35. The molecule has 8 nitrogen and oxygen atoms in total. The molecule has 2 aromatic rings. The monoisotopic (exact) mass is 350 g/mol. The number of unbranched alkanes of at least 4 members (excludes halogenated alkanes) is 1. The number of carboxylic acids is 1. The van der Waals surface area contributed by atoms with Crippen molar-refractivity contribution in [1.29, 1.82) is 0 Å². The molecule has 0 aliphatic heterocycles. The van der Waals surface area contributed by atoms with Gasteiger partial charge >= 0.3 is 11.7 Å². The normalized spacial score (nSPS) is 10.8. The number of fused-ring (bicyclic) bond motifs is 1. The zero-order chi connectivity index (χ0) is 18.4. The van der Waals surface area contributed by atoms with Crippen LogP contribution in [-0.4, -0.2) is 33.8 Å². The number of nitrogens with zero attached hydrogens (tertiary/aromatic N) is 1. The van der Waals surface area contributed by atoms with E-state index in [1.165, 1.54) is 0 Å². The van der Waals surface area contributed by atoms with E-state index in [1.54, 1.807) is 12.1 Å². The highest BCUT2D eigenvalue weighted by molar-refractivity contribution is 5.81. The minimum atomic E-state index is -0.899. The molecule has 25 heavy (non-hydrogen) atoms. The smallest absolute Gasteiger partial charge is 0.328 e. The van der Waals surface area contributed by atoms with E-state index in [4.69, 9.17) is 14.6 Å². The van der Waals surface area contributed by atoms with Gasteiger partial charge < -0.3 is 19.6 Å². The van der Waals surface area contributed by atoms with E-state index in [9.17, 15) is 14.4 Å². The maximum Gasteiger partial charge on any atom is 0.328 e. The Morgan fingerprint density at radius 1 is 1.12 bits per heavy atom. The summed E-state index contributed by atoms with van der Waals surface area (Å²) in [5.41, 5.74) is -0.582. The highest BCUT2D eigenvalue weighted by Crippen LogP contribution is 2.30. The van der Waals surface area contributed by atoms with Gasteiger partial charge in [0.25, 0.3) is 5.56 Å². The van der Waals surface area contributed by atoms with Crippen molar-refractivity contribution in [2.45, 2.75) is 39.7 Å². The molecule has 0 saturated heterocycles. The lowest BCUT2D eigenvalue weighted by atomic mass is 10.2. The van der Waals surface area contributed by atoms with E-state index in [2.05, 4.69) is 4.98 Å². The van der Waals surface area contributed by atoms with Gasteiger partial charge in [-0.2, -0.15) is 0 Å². The summed E-state index contributed by atoms with van der Waals surface area (Å²) in [6.07, 6.45) is 0.829. The quantitative estimate of drug-likeness (QED) is 0.667. The molecule has 0 amide bonds. The van der Waals surface area contributed by atoms with Crippen molar-refractivity contribution in [1.82, 2.24) is 9.55 Å². The molecule has 0 spiro atoms. The molecule has 8 heteroatoms. The summed E-state index contributed by atoms with van der Waals surface area (Å²) in [5.74, 6) is 0.00844. The minimum absolute atomic E-state index is 0.00639. The number of nitrogens with one attached hydrogen (secondary N) is 1. The van der Waals surface area contributed by atoms with Crippen LogP contribution in [0.15, 0.2) is 21.7 Å². The number of aromatic amines is 1. The summed E-state index contributed by atoms with van der Waals surface area (Å²) in [6.45, 7) is 4.66. The predicted octanol–water partition coefficient (Wildman–Crippen LogP) is 1.74. The Labute approximate surface area is 144 Å². The van der Waals surface area contributed by atoms with Crippen molar-refractivity contribution in [2.75, 3.05) is 13.2 Å². The van der Waals surface area contributed by atoms with Gasteiger partial charge in [-0.25, -0.2) is 4.79 Å². The number of H-pyrrole nitrogens is 1. The number of ether oxygens (including phenoxy) is 2. The van der Waals surface area contributed by atoms with Crippen molar-refractivity contribution >= 4 is 16.9 Å². The summed E-state index contributed by atoms with van der Waals surface area (Å²) in [4.78, 5) is 38.0. The molecular weight excluding hydrogens is 328 g/mol. The van der Waals surface area contributed by atoms with Crippen LogP contribution in [0.5, 0.6) is 11.5 Å². The van der Waals surface area contributed by atoms with Crippen molar-refractivity contribution < 1.29 is 19.4 Å². The molecule has 0 atom stereocenters. The maximum atomic E-state index is 12.6. The Hall–Kier alpha value is -2.77. The maximum absolute atomic E-state index is 12.6. The van der Waals surface area contributed by atoms with Crippen molar-refractivity contribution in [3.8, 4) is 11.5 Å². The first kappa shape index (κ1) is 18.6.